The van der Waals surface area contributed by atoms with Gasteiger partial charge in [0, 0.05) is 13.1 Å². The molecular weight excluding hydrogens is 298 g/mol. The van der Waals surface area contributed by atoms with Crippen LogP contribution in [0.25, 0.3) is 0 Å². The third kappa shape index (κ3) is 4.24. The zero-order valence-corrected chi connectivity index (χ0v) is 14.3. The van der Waals surface area contributed by atoms with Crippen molar-refractivity contribution < 1.29 is 9.53 Å². The van der Waals surface area contributed by atoms with Gasteiger partial charge in [0.25, 0.3) is 0 Å². The van der Waals surface area contributed by atoms with Crippen LogP contribution in [0.4, 0.5) is 0 Å². The fourth-order valence-electron chi connectivity index (χ4n) is 3.19. The summed E-state index contributed by atoms with van der Waals surface area (Å²) in [6.07, 6.45) is 1.75. The lowest BCUT2D eigenvalue weighted by molar-refractivity contribution is -0.137. The summed E-state index contributed by atoms with van der Waals surface area (Å²) >= 11 is 0. The zero-order chi connectivity index (χ0) is 16.8. The molecule has 0 bridgehead atoms. The molecule has 3 heteroatoms. The Balaban J connectivity index is 1.77. The number of morpholine rings is 1. The molecule has 0 saturated carbocycles. The summed E-state index contributed by atoms with van der Waals surface area (Å²) in [5, 5.41) is 0. The third-order valence-electron chi connectivity index (χ3n) is 4.67. The fourth-order valence-corrected chi connectivity index (χ4v) is 3.19. The van der Waals surface area contributed by atoms with Crippen LogP contribution in [-0.2, 0) is 16.0 Å². The van der Waals surface area contributed by atoms with Gasteiger partial charge in [-0.2, -0.15) is 0 Å². The van der Waals surface area contributed by atoms with E-state index in [9.17, 15) is 4.79 Å². The van der Waals surface area contributed by atoms with Crippen LogP contribution in [0.15, 0.2) is 54.6 Å². The Morgan fingerprint density at radius 2 is 1.71 bits per heavy atom. The molecule has 0 N–H and O–H groups in total. The highest BCUT2D eigenvalue weighted by molar-refractivity contribution is 5.84. The highest BCUT2D eigenvalue weighted by Gasteiger charge is 2.26. The van der Waals surface area contributed by atoms with Crippen molar-refractivity contribution in [2.75, 3.05) is 26.3 Å². The van der Waals surface area contributed by atoms with E-state index in [2.05, 4.69) is 55.5 Å². The number of carbonyl (C=O) groups excluding carboxylic acids is 1. The standard InChI is InChI=1S/C21H25NO2/c1-17-7-10-19(11-8-17)20(12-9-18-5-3-2-4-6-18)21(23)22-13-15-24-16-14-22/h2-8,10-11,20H,9,12-16H2,1H3. The molecular formula is C21H25NO2. The number of rotatable bonds is 5. The van der Waals surface area contributed by atoms with E-state index in [0.29, 0.717) is 26.3 Å². The van der Waals surface area contributed by atoms with Gasteiger partial charge in [-0.15, -0.1) is 0 Å². The normalized spacial score (nSPS) is 16.0. The molecule has 3 nitrogen and oxygen atoms in total. The van der Waals surface area contributed by atoms with Crippen molar-refractivity contribution in [1.29, 1.82) is 0 Å². The monoisotopic (exact) mass is 323 g/mol. The van der Waals surface area contributed by atoms with Gasteiger partial charge in [-0.1, -0.05) is 60.2 Å². The minimum atomic E-state index is -0.0797. The summed E-state index contributed by atoms with van der Waals surface area (Å²) in [4.78, 5) is 15.0. The maximum Gasteiger partial charge on any atom is 0.230 e. The first-order valence-electron chi connectivity index (χ1n) is 8.71. The second-order valence-electron chi connectivity index (χ2n) is 6.43. The van der Waals surface area contributed by atoms with Crippen LogP contribution in [0.1, 0.15) is 29.0 Å². The lowest BCUT2D eigenvalue weighted by Crippen LogP contribution is -2.43. The number of benzene rings is 2. The molecule has 0 aromatic heterocycles. The molecule has 126 valence electrons. The van der Waals surface area contributed by atoms with Crippen molar-refractivity contribution in [3.8, 4) is 0 Å². The summed E-state index contributed by atoms with van der Waals surface area (Å²) in [6, 6.07) is 18.8. The Bertz CT molecular complexity index is 645. The highest BCUT2D eigenvalue weighted by atomic mass is 16.5. The largest absolute Gasteiger partial charge is 0.378 e. The molecule has 1 atom stereocenters. The number of ether oxygens (including phenoxy) is 1. The van der Waals surface area contributed by atoms with Crippen molar-refractivity contribution in [2.45, 2.75) is 25.7 Å². The molecule has 2 aromatic carbocycles. The number of carbonyl (C=O) groups is 1. The molecule has 1 heterocycles. The molecule has 1 aliphatic rings. The topological polar surface area (TPSA) is 29.5 Å². The van der Waals surface area contributed by atoms with Crippen LogP contribution >= 0.6 is 0 Å². The van der Waals surface area contributed by atoms with Gasteiger partial charge < -0.3 is 9.64 Å². The molecule has 1 unspecified atom stereocenters. The van der Waals surface area contributed by atoms with Gasteiger partial charge in [-0.05, 0) is 30.9 Å². The van der Waals surface area contributed by atoms with E-state index < -0.39 is 0 Å². The van der Waals surface area contributed by atoms with Crippen LogP contribution in [0.5, 0.6) is 0 Å². The summed E-state index contributed by atoms with van der Waals surface area (Å²) < 4.78 is 5.39. The van der Waals surface area contributed by atoms with E-state index in [1.807, 2.05) is 11.0 Å². The maximum atomic E-state index is 13.1. The summed E-state index contributed by atoms with van der Waals surface area (Å²) in [7, 11) is 0. The van der Waals surface area contributed by atoms with E-state index in [-0.39, 0.29) is 11.8 Å². The molecule has 0 spiro atoms. The van der Waals surface area contributed by atoms with Crippen LogP contribution in [-0.4, -0.2) is 37.1 Å². The lowest BCUT2D eigenvalue weighted by atomic mass is 9.90. The van der Waals surface area contributed by atoms with Crippen molar-refractivity contribution in [1.82, 2.24) is 4.90 Å². The average Bonchev–Trinajstić information content (AvgIpc) is 2.65. The smallest absolute Gasteiger partial charge is 0.230 e. The van der Waals surface area contributed by atoms with Crippen molar-refractivity contribution in [3.63, 3.8) is 0 Å². The van der Waals surface area contributed by atoms with E-state index in [1.54, 1.807) is 0 Å². The minimum absolute atomic E-state index is 0.0797. The summed E-state index contributed by atoms with van der Waals surface area (Å²) in [5.74, 6) is 0.155. The molecule has 2 aromatic rings. The SMILES string of the molecule is Cc1ccc(C(CCc2ccccc2)C(=O)N2CCOCC2)cc1. The minimum Gasteiger partial charge on any atom is -0.378 e. The predicted octanol–water partition coefficient (Wildman–Crippen LogP) is 3.57. The van der Waals surface area contributed by atoms with E-state index in [0.717, 1.165) is 18.4 Å². The quantitative estimate of drug-likeness (QED) is 0.842. The molecule has 1 fully saturated rings. The Kier molecular flexibility index (Phi) is 5.65. The number of hydrogen-bond acceptors (Lipinski definition) is 2. The van der Waals surface area contributed by atoms with E-state index in [4.69, 9.17) is 4.74 Å². The van der Waals surface area contributed by atoms with Gasteiger partial charge in [0.05, 0.1) is 19.1 Å². The molecule has 1 saturated heterocycles. The Hall–Kier alpha value is -2.13. The fraction of sp³-hybridized carbons (Fsp3) is 0.381. The zero-order valence-electron chi connectivity index (χ0n) is 14.3. The van der Waals surface area contributed by atoms with Crippen molar-refractivity contribution >= 4 is 5.91 Å². The van der Waals surface area contributed by atoms with Crippen LogP contribution in [0, 0.1) is 6.92 Å². The molecule has 1 aliphatic heterocycles. The first-order valence-corrected chi connectivity index (χ1v) is 8.71. The average molecular weight is 323 g/mol. The summed E-state index contributed by atoms with van der Waals surface area (Å²) in [5.41, 5.74) is 3.62. The maximum absolute atomic E-state index is 13.1. The van der Waals surface area contributed by atoms with E-state index in [1.165, 1.54) is 11.1 Å². The molecule has 24 heavy (non-hydrogen) atoms. The second kappa shape index (κ2) is 8.11. The third-order valence-corrected chi connectivity index (χ3v) is 4.67. The summed E-state index contributed by atoms with van der Waals surface area (Å²) in [6.45, 7) is 4.77. The molecule has 0 radical (unpaired) electrons. The predicted molar refractivity (Wildman–Crippen MR) is 96.1 cm³/mol. The second-order valence-corrected chi connectivity index (χ2v) is 6.43. The van der Waals surface area contributed by atoms with Crippen LogP contribution in [0.2, 0.25) is 0 Å². The number of hydrogen-bond donors (Lipinski definition) is 0. The van der Waals surface area contributed by atoms with Crippen LogP contribution < -0.4 is 0 Å². The van der Waals surface area contributed by atoms with Crippen LogP contribution in [0.3, 0.4) is 0 Å². The van der Waals surface area contributed by atoms with Gasteiger partial charge in [0.15, 0.2) is 0 Å². The molecule has 0 aliphatic carbocycles. The van der Waals surface area contributed by atoms with Crippen molar-refractivity contribution in [2.24, 2.45) is 0 Å². The first-order chi connectivity index (χ1) is 11.7. The Labute approximate surface area is 144 Å². The Morgan fingerprint density at radius 3 is 2.38 bits per heavy atom. The van der Waals surface area contributed by atoms with Gasteiger partial charge in [0.2, 0.25) is 5.91 Å². The molecule has 3 rings (SSSR count). The van der Waals surface area contributed by atoms with Gasteiger partial charge in [-0.3, -0.25) is 4.79 Å². The van der Waals surface area contributed by atoms with Gasteiger partial charge in [0.1, 0.15) is 0 Å². The lowest BCUT2D eigenvalue weighted by Gasteiger charge is -2.30. The number of aryl methyl sites for hydroxylation is 2. The number of amides is 1. The van der Waals surface area contributed by atoms with Crippen molar-refractivity contribution in [3.05, 3.63) is 71.3 Å². The Morgan fingerprint density at radius 1 is 1.04 bits per heavy atom. The molecule has 1 amide bonds. The first kappa shape index (κ1) is 16.7. The number of nitrogens with zero attached hydrogens (tertiary/aromatic N) is 1. The van der Waals surface area contributed by atoms with E-state index >= 15 is 0 Å². The van der Waals surface area contributed by atoms with Gasteiger partial charge in [-0.25, -0.2) is 0 Å². The highest BCUT2D eigenvalue weighted by Crippen LogP contribution is 2.25. The van der Waals surface area contributed by atoms with Gasteiger partial charge >= 0.3 is 0 Å².